The van der Waals surface area contributed by atoms with Crippen molar-refractivity contribution in [2.45, 2.75) is 46.2 Å². The second-order valence-electron chi connectivity index (χ2n) is 5.41. The third-order valence-electron chi connectivity index (χ3n) is 2.66. The zero-order valence-corrected chi connectivity index (χ0v) is 12.6. The third kappa shape index (κ3) is 5.65. The van der Waals surface area contributed by atoms with E-state index >= 15 is 0 Å². The van der Waals surface area contributed by atoms with E-state index in [2.05, 4.69) is 37.5 Å². The molecule has 0 aliphatic rings. The van der Waals surface area contributed by atoms with Crippen LogP contribution in [0.4, 0.5) is 0 Å². The molecule has 0 unspecified atom stereocenters. The molecule has 0 aliphatic carbocycles. The molecular weight excluding hydrogens is 244 g/mol. The lowest BCUT2D eigenvalue weighted by Gasteiger charge is -2.23. The summed E-state index contributed by atoms with van der Waals surface area (Å²) in [5.41, 5.74) is 0.0745. The maximum absolute atomic E-state index is 12.1. The second-order valence-corrected chi connectivity index (χ2v) is 6.45. The highest BCUT2D eigenvalue weighted by Crippen LogP contribution is 2.12. The van der Waals surface area contributed by atoms with Crippen molar-refractivity contribution in [3.8, 4) is 0 Å². The van der Waals surface area contributed by atoms with E-state index in [-0.39, 0.29) is 11.4 Å². The summed E-state index contributed by atoms with van der Waals surface area (Å²) in [6.45, 7) is 10.6. The van der Waals surface area contributed by atoms with Crippen LogP contribution in [0.1, 0.15) is 39.0 Å². The van der Waals surface area contributed by atoms with Crippen LogP contribution in [0.5, 0.6) is 0 Å². The van der Waals surface area contributed by atoms with Crippen molar-refractivity contribution in [2.24, 2.45) is 0 Å². The monoisotopic (exact) mass is 268 g/mol. The number of amides is 1. The molecule has 0 radical (unpaired) electrons. The van der Waals surface area contributed by atoms with Gasteiger partial charge in [0.05, 0.1) is 6.54 Å². The third-order valence-corrected chi connectivity index (χ3v) is 3.52. The van der Waals surface area contributed by atoms with E-state index in [1.165, 1.54) is 4.88 Å². The summed E-state index contributed by atoms with van der Waals surface area (Å²) >= 11 is 1.70. The fourth-order valence-corrected chi connectivity index (χ4v) is 2.39. The van der Waals surface area contributed by atoms with Gasteiger partial charge in [0.2, 0.25) is 5.91 Å². The average Bonchev–Trinajstić information content (AvgIpc) is 2.76. The first-order valence-electron chi connectivity index (χ1n) is 6.47. The molecule has 1 heterocycles. The first-order chi connectivity index (χ1) is 8.42. The fourth-order valence-electron chi connectivity index (χ4n) is 1.67. The van der Waals surface area contributed by atoms with E-state index in [9.17, 15) is 4.79 Å². The van der Waals surface area contributed by atoms with Crippen LogP contribution in [0.3, 0.4) is 0 Å². The summed E-state index contributed by atoms with van der Waals surface area (Å²) in [5.74, 6) is 0.225. The Labute approximate surface area is 114 Å². The van der Waals surface area contributed by atoms with Gasteiger partial charge in [-0.2, -0.15) is 0 Å². The van der Waals surface area contributed by atoms with Gasteiger partial charge in [-0.05, 0) is 39.1 Å². The predicted octanol–water partition coefficient (Wildman–Crippen LogP) is 2.87. The molecule has 1 aromatic rings. The molecule has 102 valence electrons. The normalized spacial score (nSPS) is 11.6. The van der Waals surface area contributed by atoms with E-state index in [0.717, 1.165) is 19.6 Å². The number of rotatable bonds is 6. The van der Waals surface area contributed by atoms with Gasteiger partial charge in [-0.25, -0.2) is 0 Å². The van der Waals surface area contributed by atoms with Gasteiger partial charge in [-0.1, -0.05) is 6.07 Å². The van der Waals surface area contributed by atoms with Crippen molar-refractivity contribution in [1.29, 1.82) is 0 Å². The van der Waals surface area contributed by atoms with Gasteiger partial charge in [0.1, 0.15) is 0 Å². The summed E-state index contributed by atoms with van der Waals surface area (Å²) in [4.78, 5) is 15.2. The number of hydrogen-bond acceptors (Lipinski definition) is 3. The fraction of sp³-hybridized carbons (Fsp3) is 0.643. The van der Waals surface area contributed by atoms with Crippen LogP contribution in [-0.4, -0.2) is 29.4 Å². The minimum atomic E-state index is 0.0745. The highest BCUT2D eigenvalue weighted by molar-refractivity contribution is 7.09. The Morgan fingerprint density at radius 1 is 1.44 bits per heavy atom. The highest BCUT2D eigenvalue weighted by atomic mass is 32.1. The lowest BCUT2D eigenvalue weighted by atomic mass is 10.1. The van der Waals surface area contributed by atoms with Crippen molar-refractivity contribution < 1.29 is 4.79 Å². The van der Waals surface area contributed by atoms with Crippen molar-refractivity contribution in [1.82, 2.24) is 10.2 Å². The molecule has 0 bridgehead atoms. The number of thiophene rings is 1. The largest absolute Gasteiger partial charge is 0.338 e. The van der Waals surface area contributed by atoms with Crippen LogP contribution in [0.25, 0.3) is 0 Å². The number of hydrogen-bond donors (Lipinski definition) is 1. The Hall–Kier alpha value is -0.870. The molecular formula is C14H24N2OS. The number of nitrogens with zero attached hydrogens (tertiary/aromatic N) is 1. The Bertz CT molecular complexity index is 354. The topological polar surface area (TPSA) is 32.3 Å². The first kappa shape index (κ1) is 15.2. The van der Waals surface area contributed by atoms with E-state index in [0.29, 0.717) is 6.42 Å². The lowest BCUT2D eigenvalue weighted by molar-refractivity contribution is -0.131. The number of carbonyl (C=O) groups excluding carboxylic acids is 1. The van der Waals surface area contributed by atoms with Gasteiger partial charge >= 0.3 is 0 Å². The molecule has 0 aromatic carbocycles. The molecule has 1 aromatic heterocycles. The Morgan fingerprint density at radius 2 is 2.17 bits per heavy atom. The molecule has 18 heavy (non-hydrogen) atoms. The van der Waals surface area contributed by atoms with Gasteiger partial charge in [0.15, 0.2) is 0 Å². The van der Waals surface area contributed by atoms with E-state index < -0.39 is 0 Å². The standard InChI is InChI=1S/C14H24N2OS/c1-5-16(11-12-7-6-10-18-12)13(17)8-9-15-14(2,3)4/h6-7,10,15H,5,8-9,11H2,1-4H3. The maximum Gasteiger partial charge on any atom is 0.224 e. The second kappa shape index (κ2) is 6.90. The minimum Gasteiger partial charge on any atom is -0.338 e. The highest BCUT2D eigenvalue weighted by Gasteiger charge is 2.14. The molecule has 0 atom stereocenters. The van der Waals surface area contributed by atoms with Crippen LogP contribution in [-0.2, 0) is 11.3 Å². The summed E-state index contributed by atoms with van der Waals surface area (Å²) in [7, 11) is 0. The Kier molecular flexibility index (Phi) is 5.82. The molecule has 1 rings (SSSR count). The first-order valence-corrected chi connectivity index (χ1v) is 7.35. The zero-order chi connectivity index (χ0) is 13.6. The van der Waals surface area contributed by atoms with Gasteiger partial charge < -0.3 is 10.2 Å². The van der Waals surface area contributed by atoms with Gasteiger partial charge in [-0.3, -0.25) is 4.79 Å². The predicted molar refractivity (Wildman–Crippen MR) is 77.8 cm³/mol. The van der Waals surface area contributed by atoms with Crippen LogP contribution in [0.15, 0.2) is 17.5 Å². The van der Waals surface area contributed by atoms with E-state index in [4.69, 9.17) is 0 Å². The van der Waals surface area contributed by atoms with Gasteiger partial charge in [0, 0.05) is 29.9 Å². The summed E-state index contributed by atoms with van der Waals surface area (Å²) in [6.07, 6.45) is 0.566. The zero-order valence-electron chi connectivity index (χ0n) is 11.8. The van der Waals surface area contributed by atoms with E-state index in [1.807, 2.05) is 17.9 Å². The molecule has 1 amide bonds. The smallest absolute Gasteiger partial charge is 0.224 e. The molecule has 0 spiro atoms. The van der Waals surface area contributed by atoms with Crippen LogP contribution in [0, 0.1) is 0 Å². The van der Waals surface area contributed by atoms with Gasteiger partial charge in [0.25, 0.3) is 0 Å². The minimum absolute atomic E-state index is 0.0745. The molecule has 0 saturated heterocycles. The van der Waals surface area contributed by atoms with Crippen LogP contribution in [0.2, 0.25) is 0 Å². The number of carbonyl (C=O) groups is 1. The van der Waals surface area contributed by atoms with Crippen molar-refractivity contribution in [2.75, 3.05) is 13.1 Å². The van der Waals surface area contributed by atoms with Crippen molar-refractivity contribution in [3.05, 3.63) is 22.4 Å². The molecule has 0 aliphatic heterocycles. The summed E-state index contributed by atoms with van der Waals surface area (Å²) in [5, 5.41) is 5.40. The average molecular weight is 268 g/mol. The molecule has 0 fully saturated rings. The van der Waals surface area contributed by atoms with Gasteiger partial charge in [-0.15, -0.1) is 11.3 Å². The SMILES string of the molecule is CCN(Cc1cccs1)C(=O)CCNC(C)(C)C. The van der Waals surface area contributed by atoms with Crippen molar-refractivity contribution in [3.63, 3.8) is 0 Å². The van der Waals surface area contributed by atoms with E-state index in [1.54, 1.807) is 11.3 Å². The maximum atomic E-state index is 12.1. The molecule has 1 N–H and O–H groups in total. The Morgan fingerprint density at radius 3 is 2.67 bits per heavy atom. The molecule has 3 nitrogen and oxygen atoms in total. The lowest BCUT2D eigenvalue weighted by Crippen LogP contribution is -2.39. The summed E-state index contributed by atoms with van der Waals surface area (Å²) < 4.78 is 0. The molecule has 0 saturated carbocycles. The number of nitrogens with one attached hydrogen (secondary N) is 1. The summed E-state index contributed by atoms with van der Waals surface area (Å²) in [6, 6.07) is 4.10. The van der Waals surface area contributed by atoms with Crippen LogP contribution >= 0.6 is 11.3 Å². The van der Waals surface area contributed by atoms with Crippen LogP contribution < -0.4 is 5.32 Å². The molecule has 4 heteroatoms. The van der Waals surface area contributed by atoms with Crippen molar-refractivity contribution >= 4 is 17.2 Å². The quantitative estimate of drug-likeness (QED) is 0.860. The Balaban J connectivity index is 2.38.